The molecule has 0 radical (unpaired) electrons. The number of hydrogen-bond donors (Lipinski definition) is 3. The maximum Gasteiger partial charge on any atom is 0.333 e. The molecular weight excluding hydrogens is 520 g/mol. The number of nitrogens with two attached hydrogens (primary N) is 1. The molecule has 0 unspecified atom stereocenters. The van der Waals surface area contributed by atoms with Gasteiger partial charge in [-0.25, -0.2) is 15.1 Å². The van der Waals surface area contributed by atoms with Crippen molar-refractivity contribution in [2.75, 3.05) is 18.7 Å². The highest BCUT2D eigenvalue weighted by atomic mass is 32.2. The van der Waals surface area contributed by atoms with Crippen LogP contribution < -0.4 is 15.2 Å². The van der Waals surface area contributed by atoms with Crippen molar-refractivity contribution in [1.82, 2.24) is 9.97 Å². The molecule has 2 aromatic heterocycles. The topological polar surface area (TPSA) is 163 Å². The highest BCUT2D eigenvalue weighted by Crippen LogP contribution is 2.40. The van der Waals surface area contributed by atoms with E-state index in [0.29, 0.717) is 29.1 Å². The maximum atomic E-state index is 13.6. The summed E-state index contributed by atoms with van der Waals surface area (Å²) in [6, 6.07) is 9.25. The minimum Gasteiger partial charge on any atom is -0.467 e. The summed E-state index contributed by atoms with van der Waals surface area (Å²) in [6.45, 7) is 1.85. The molecule has 0 amide bonds. The SMILES string of the molecule is Cc1sc(C(=O)c2cncnc2N[C@@H]2C[C@H](COS(N)(=O)=O)[C@@H](O)C2)cc1[C@@H]1OCOc2ccccc21. The van der Waals surface area contributed by atoms with E-state index in [-0.39, 0.29) is 31.3 Å². The van der Waals surface area contributed by atoms with Crippen molar-refractivity contribution < 1.29 is 32.0 Å². The lowest BCUT2D eigenvalue weighted by atomic mass is 9.99. The third-order valence-electron chi connectivity index (χ3n) is 6.51. The number of thiophene rings is 1. The van der Waals surface area contributed by atoms with Crippen LogP contribution in [0.5, 0.6) is 5.75 Å². The fourth-order valence-electron chi connectivity index (χ4n) is 4.73. The lowest BCUT2D eigenvalue weighted by Crippen LogP contribution is -2.24. The maximum absolute atomic E-state index is 13.6. The van der Waals surface area contributed by atoms with Crippen molar-refractivity contribution in [2.45, 2.75) is 38.0 Å². The molecular formula is C24H26N4O7S2. The molecule has 4 atom stereocenters. The smallest absolute Gasteiger partial charge is 0.333 e. The van der Waals surface area contributed by atoms with Gasteiger partial charge in [-0.15, -0.1) is 11.3 Å². The summed E-state index contributed by atoms with van der Waals surface area (Å²) in [5, 5.41) is 18.4. The molecule has 1 aromatic carbocycles. The molecule has 3 aromatic rings. The Kier molecular flexibility index (Phi) is 7.25. The molecule has 0 spiro atoms. The van der Waals surface area contributed by atoms with Crippen LogP contribution >= 0.6 is 11.3 Å². The van der Waals surface area contributed by atoms with Gasteiger partial charge in [0.1, 0.15) is 24.0 Å². The summed E-state index contributed by atoms with van der Waals surface area (Å²) >= 11 is 1.37. The van der Waals surface area contributed by atoms with E-state index >= 15 is 0 Å². The zero-order valence-corrected chi connectivity index (χ0v) is 21.5. The number of ether oxygens (including phenoxy) is 2. The summed E-state index contributed by atoms with van der Waals surface area (Å²) < 4.78 is 38.3. The first-order valence-electron chi connectivity index (χ1n) is 11.6. The minimum absolute atomic E-state index is 0.122. The molecule has 1 aliphatic carbocycles. The molecule has 3 heterocycles. The average Bonchev–Trinajstić information content (AvgIpc) is 3.43. The number of aromatic nitrogens is 2. The summed E-state index contributed by atoms with van der Waals surface area (Å²) in [5.74, 6) is 0.425. The Morgan fingerprint density at radius 2 is 2.11 bits per heavy atom. The fraction of sp³-hybridized carbons (Fsp3) is 0.375. The van der Waals surface area contributed by atoms with E-state index in [1.807, 2.05) is 37.3 Å². The lowest BCUT2D eigenvalue weighted by Gasteiger charge is -2.26. The van der Waals surface area contributed by atoms with Gasteiger partial charge in [-0.1, -0.05) is 18.2 Å². The number of aliphatic hydroxyl groups is 1. The van der Waals surface area contributed by atoms with Crippen LogP contribution in [0, 0.1) is 12.8 Å². The van der Waals surface area contributed by atoms with Gasteiger partial charge in [0.25, 0.3) is 0 Å². The number of nitrogens with zero attached hydrogens (tertiary/aromatic N) is 2. The van der Waals surface area contributed by atoms with Gasteiger partial charge in [0.15, 0.2) is 6.79 Å². The number of fused-ring (bicyclic) bond motifs is 1. The number of carbonyl (C=O) groups excluding carboxylic acids is 1. The van der Waals surface area contributed by atoms with E-state index < -0.39 is 22.3 Å². The zero-order chi connectivity index (χ0) is 26.2. The largest absolute Gasteiger partial charge is 0.467 e. The molecule has 37 heavy (non-hydrogen) atoms. The quantitative estimate of drug-likeness (QED) is 0.357. The molecule has 196 valence electrons. The van der Waals surface area contributed by atoms with E-state index in [1.54, 1.807) is 0 Å². The molecule has 1 fully saturated rings. The van der Waals surface area contributed by atoms with Crippen LogP contribution in [0.2, 0.25) is 0 Å². The summed E-state index contributed by atoms with van der Waals surface area (Å²) in [5.41, 5.74) is 2.09. The summed E-state index contributed by atoms with van der Waals surface area (Å²) in [4.78, 5) is 23.3. The van der Waals surface area contributed by atoms with Crippen molar-refractivity contribution >= 4 is 33.2 Å². The normalized spacial score (nSPS) is 23.3. The average molecular weight is 547 g/mol. The third kappa shape index (κ3) is 5.66. The second kappa shape index (κ2) is 10.4. The van der Waals surface area contributed by atoms with Gasteiger partial charge < -0.3 is 19.9 Å². The van der Waals surface area contributed by atoms with Gasteiger partial charge in [-0.3, -0.25) is 8.98 Å². The van der Waals surface area contributed by atoms with Crippen LogP contribution in [0.15, 0.2) is 42.9 Å². The second-order valence-corrected chi connectivity index (χ2v) is 11.5. The molecule has 4 N–H and O–H groups in total. The van der Waals surface area contributed by atoms with E-state index in [9.17, 15) is 18.3 Å². The van der Waals surface area contributed by atoms with Gasteiger partial charge in [-0.2, -0.15) is 8.42 Å². The van der Waals surface area contributed by atoms with E-state index in [0.717, 1.165) is 21.8 Å². The molecule has 0 bridgehead atoms. The predicted octanol–water partition coefficient (Wildman–Crippen LogP) is 2.30. The number of ketones is 1. The number of anilines is 1. The Balaban J connectivity index is 1.34. The van der Waals surface area contributed by atoms with Gasteiger partial charge >= 0.3 is 10.3 Å². The molecule has 13 heteroatoms. The van der Waals surface area contributed by atoms with Crippen LogP contribution in [-0.4, -0.2) is 54.8 Å². The van der Waals surface area contributed by atoms with Crippen molar-refractivity contribution in [2.24, 2.45) is 11.1 Å². The van der Waals surface area contributed by atoms with Crippen molar-refractivity contribution in [1.29, 1.82) is 0 Å². The fourth-order valence-corrected chi connectivity index (χ4v) is 6.10. The first-order valence-corrected chi connectivity index (χ1v) is 13.9. The van der Waals surface area contributed by atoms with E-state index in [1.165, 1.54) is 23.9 Å². The molecule has 1 saturated carbocycles. The van der Waals surface area contributed by atoms with E-state index in [2.05, 4.69) is 19.5 Å². The molecule has 5 rings (SSSR count). The highest BCUT2D eigenvalue weighted by Gasteiger charge is 2.35. The molecule has 11 nitrogen and oxygen atoms in total. The minimum atomic E-state index is -4.10. The second-order valence-electron chi connectivity index (χ2n) is 9.00. The Morgan fingerprint density at radius 1 is 1.30 bits per heavy atom. The Labute approximate surface area is 217 Å². The number of benzene rings is 1. The van der Waals surface area contributed by atoms with Crippen molar-refractivity contribution in [3.63, 3.8) is 0 Å². The van der Waals surface area contributed by atoms with Crippen molar-refractivity contribution in [3.8, 4) is 5.75 Å². The number of hydrogen-bond acceptors (Lipinski definition) is 11. The van der Waals surface area contributed by atoms with Gasteiger partial charge in [-0.05, 0) is 37.5 Å². The van der Waals surface area contributed by atoms with Crippen LogP contribution in [0.1, 0.15) is 50.2 Å². The van der Waals surface area contributed by atoms with Crippen LogP contribution in [0.25, 0.3) is 0 Å². The molecule has 1 aliphatic heterocycles. The van der Waals surface area contributed by atoms with Crippen LogP contribution in [0.4, 0.5) is 5.82 Å². The Hall–Kier alpha value is -2.94. The van der Waals surface area contributed by atoms with Gasteiger partial charge in [0.05, 0.1) is 23.2 Å². The lowest BCUT2D eigenvalue weighted by molar-refractivity contribution is -0.0419. The standard InChI is InChI=1S/C24H26N4O7S2/c1-13-17(23-16-4-2-3-5-20(16)33-12-34-23)8-21(36-13)22(30)18-9-26-11-27-24(18)28-15-6-14(19(29)7-15)10-35-37(25,31)32/h2-5,8-9,11,14-15,19,23,29H,6-7,10,12H2,1H3,(H2,25,31,32)(H,26,27,28)/t14-,15-,19+,23-/m1/s1. The first kappa shape index (κ1) is 25.7. The number of aliphatic hydroxyl groups excluding tert-OH is 1. The molecule has 2 aliphatic rings. The Morgan fingerprint density at radius 3 is 2.92 bits per heavy atom. The van der Waals surface area contributed by atoms with Gasteiger partial charge in [0, 0.05) is 28.6 Å². The van der Waals surface area contributed by atoms with Crippen molar-refractivity contribution in [3.05, 3.63) is 69.3 Å². The monoisotopic (exact) mass is 546 g/mol. The Bertz CT molecular complexity index is 1410. The van der Waals surface area contributed by atoms with Crippen LogP contribution in [0.3, 0.4) is 0 Å². The number of nitrogens with one attached hydrogen (secondary N) is 1. The first-order chi connectivity index (χ1) is 17.7. The highest BCUT2D eigenvalue weighted by molar-refractivity contribution is 7.84. The predicted molar refractivity (Wildman–Crippen MR) is 135 cm³/mol. The number of carbonyl (C=O) groups is 1. The number of aryl methyl sites for hydroxylation is 1. The van der Waals surface area contributed by atoms with E-state index in [4.69, 9.17) is 14.6 Å². The summed E-state index contributed by atoms with van der Waals surface area (Å²) in [6.07, 6.45) is 2.41. The van der Waals surface area contributed by atoms with Gasteiger partial charge in [0.2, 0.25) is 5.78 Å². The number of para-hydroxylation sites is 1. The zero-order valence-electron chi connectivity index (χ0n) is 19.9. The third-order valence-corrected chi connectivity index (χ3v) is 8.04. The molecule has 0 saturated heterocycles. The summed E-state index contributed by atoms with van der Waals surface area (Å²) in [7, 11) is -4.10. The van der Waals surface area contributed by atoms with Crippen LogP contribution in [-0.2, 0) is 19.2 Å². The number of rotatable bonds is 8.